The maximum absolute atomic E-state index is 14.5. The van der Waals surface area contributed by atoms with Gasteiger partial charge in [0.25, 0.3) is 0 Å². The minimum absolute atomic E-state index is 0.103. The lowest BCUT2D eigenvalue weighted by Crippen LogP contribution is -2.61. The van der Waals surface area contributed by atoms with E-state index in [4.69, 9.17) is 40.6 Å². The van der Waals surface area contributed by atoms with Gasteiger partial charge in [0.2, 0.25) is 0 Å². The molecule has 18 atom stereocenters. The van der Waals surface area contributed by atoms with Gasteiger partial charge in [-0.3, -0.25) is 4.79 Å². The maximum Gasteiger partial charge on any atom is 0.311 e. The summed E-state index contributed by atoms with van der Waals surface area (Å²) in [4.78, 5) is 18.2. The van der Waals surface area contributed by atoms with Crippen LogP contribution in [0.25, 0.3) is 0 Å². The molecule has 0 spiro atoms. The Balaban J connectivity index is 1.86. The maximum atomic E-state index is 14.5. The molecule has 3 fully saturated rings. The van der Waals surface area contributed by atoms with Crippen molar-refractivity contribution in [2.24, 2.45) is 17.8 Å². The Morgan fingerprint density at radius 3 is 2.18 bits per heavy atom. The average molecular weight is 949 g/mol. The number of cyclic esters (lactones) is 1. The SMILES string of the molecule is CC[C@H]1OC(=O)[C@H](C)[C@@H](O[C@H]2C[C@@](C)(OC)[C@@H](O)[C@H](C)O2)[C@H](C)[C@@H](O[C@@H]2O[C@H](C)C[C@H](N(C)C)[C@H]2O)[C@](C)(O)C[C@@H](C)CN(C(=S)Nc2ccc(Br)cc2)[C@H](C)[C@@H](O)[C@]1(C)O. The number of likely N-dealkylation sites (N-methyl/N-ethyl adjacent to an activating group) is 1. The number of benzene rings is 1. The van der Waals surface area contributed by atoms with Crippen LogP contribution < -0.4 is 5.32 Å². The number of aliphatic hydroxyl groups is 5. The number of carbonyl (C=O) groups is 1. The van der Waals surface area contributed by atoms with Gasteiger partial charge in [0.1, 0.15) is 30.0 Å². The molecule has 3 aliphatic rings. The summed E-state index contributed by atoms with van der Waals surface area (Å²) in [6, 6.07) is 6.31. The molecule has 3 saturated heterocycles. The molecule has 0 aliphatic carbocycles. The van der Waals surface area contributed by atoms with E-state index in [1.165, 1.54) is 14.0 Å². The predicted octanol–water partition coefficient (Wildman–Crippen LogP) is 4.43. The number of esters is 1. The molecule has 0 aromatic heterocycles. The highest BCUT2D eigenvalue weighted by molar-refractivity contribution is 9.10. The third-order valence-corrected chi connectivity index (χ3v) is 14.1. The fraction of sp³-hybridized carbons (Fsp3) is 0.818. The lowest BCUT2D eigenvalue weighted by Gasteiger charge is -2.49. The first-order valence-corrected chi connectivity index (χ1v) is 22.8. The summed E-state index contributed by atoms with van der Waals surface area (Å²) in [5.74, 6) is -2.95. The summed E-state index contributed by atoms with van der Waals surface area (Å²) >= 11 is 9.45. The third-order valence-electron chi connectivity index (χ3n) is 13.3. The molecule has 0 bridgehead atoms. The number of hydrogen-bond donors (Lipinski definition) is 6. The number of anilines is 1. The zero-order chi connectivity index (χ0) is 45.9. The minimum Gasteiger partial charge on any atom is -0.459 e. The monoisotopic (exact) mass is 947 g/mol. The number of methoxy groups -OCH3 is 1. The van der Waals surface area contributed by atoms with Gasteiger partial charge in [-0.25, -0.2) is 0 Å². The van der Waals surface area contributed by atoms with Crippen LogP contribution in [0.4, 0.5) is 5.69 Å². The van der Waals surface area contributed by atoms with E-state index in [-0.39, 0.29) is 49.0 Å². The first-order chi connectivity index (χ1) is 28.3. The number of thiocarbonyl (C=S) groups is 1. The molecule has 350 valence electrons. The molecule has 0 unspecified atom stereocenters. The van der Waals surface area contributed by atoms with E-state index in [2.05, 4.69) is 21.2 Å². The number of halogens is 1. The van der Waals surface area contributed by atoms with Crippen molar-refractivity contribution in [2.45, 2.75) is 185 Å². The van der Waals surface area contributed by atoms with Crippen molar-refractivity contribution >= 4 is 44.9 Å². The summed E-state index contributed by atoms with van der Waals surface area (Å²) in [6.45, 7) is 17.6. The van der Waals surface area contributed by atoms with Crippen LogP contribution in [-0.2, 0) is 33.2 Å². The number of ether oxygens (including phenoxy) is 6. The number of nitrogens with one attached hydrogen (secondary N) is 1. The van der Waals surface area contributed by atoms with Crippen molar-refractivity contribution in [3.8, 4) is 0 Å². The van der Waals surface area contributed by atoms with Gasteiger partial charge in [0, 0.05) is 42.2 Å². The van der Waals surface area contributed by atoms with Crippen LogP contribution >= 0.6 is 28.1 Å². The summed E-state index contributed by atoms with van der Waals surface area (Å²) in [7, 11) is 5.25. The summed E-state index contributed by atoms with van der Waals surface area (Å²) in [5, 5.41) is 63.3. The van der Waals surface area contributed by atoms with Crippen molar-refractivity contribution in [3.63, 3.8) is 0 Å². The molecule has 17 heteroatoms. The second-order valence-electron chi connectivity index (χ2n) is 18.8. The van der Waals surface area contributed by atoms with Crippen LogP contribution in [0.1, 0.15) is 94.9 Å². The predicted molar refractivity (Wildman–Crippen MR) is 239 cm³/mol. The molecular weight excluding hydrogens is 874 g/mol. The molecule has 0 radical (unpaired) electrons. The lowest BCUT2D eigenvalue weighted by molar-refractivity contribution is -0.318. The molecule has 1 aromatic carbocycles. The van der Waals surface area contributed by atoms with Crippen molar-refractivity contribution in [3.05, 3.63) is 28.7 Å². The second-order valence-corrected chi connectivity index (χ2v) is 20.1. The molecule has 15 nitrogen and oxygen atoms in total. The highest BCUT2D eigenvalue weighted by Gasteiger charge is 2.53. The van der Waals surface area contributed by atoms with Crippen LogP contribution in [0.15, 0.2) is 28.7 Å². The normalized spacial score (nSPS) is 43.6. The van der Waals surface area contributed by atoms with Gasteiger partial charge >= 0.3 is 5.97 Å². The summed E-state index contributed by atoms with van der Waals surface area (Å²) < 4.78 is 38.8. The Morgan fingerprint density at radius 2 is 1.61 bits per heavy atom. The van der Waals surface area contributed by atoms with Crippen molar-refractivity contribution in [2.75, 3.05) is 33.1 Å². The molecule has 1 aromatic rings. The van der Waals surface area contributed by atoms with Crippen LogP contribution in [0.2, 0.25) is 0 Å². The zero-order valence-corrected chi connectivity index (χ0v) is 40.7. The fourth-order valence-corrected chi connectivity index (χ4v) is 10.1. The highest BCUT2D eigenvalue weighted by Crippen LogP contribution is 2.40. The van der Waals surface area contributed by atoms with Crippen LogP contribution in [0.5, 0.6) is 0 Å². The fourth-order valence-electron chi connectivity index (χ4n) is 9.51. The molecule has 3 heterocycles. The van der Waals surface area contributed by atoms with Gasteiger partial charge < -0.3 is 69.1 Å². The zero-order valence-electron chi connectivity index (χ0n) is 38.3. The topological polar surface area (TPSA) is 192 Å². The van der Waals surface area contributed by atoms with E-state index in [1.54, 1.807) is 53.4 Å². The van der Waals surface area contributed by atoms with Crippen LogP contribution in [-0.4, -0.2) is 164 Å². The van der Waals surface area contributed by atoms with Crippen molar-refractivity contribution < 1.29 is 58.7 Å². The number of carbonyl (C=O) groups excluding carboxylic acids is 1. The van der Waals surface area contributed by atoms with Crippen LogP contribution in [0, 0.1) is 17.8 Å². The summed E-state index contributed by atoms with van der Waals surface area (Å²) in [5.41, 5.74) is -3.98. The van der Waals surface area contributed by atoms with Gasteiger partial charge in [-0.2, -0.15) is 0 Å². The largest absolute Gasteiger partial charge is 0.459 e. The molecule has 4 rings (SSSR count). The van der Waals surface area contributed by atoms with Gasteiger partial charge in [-0.1, -0.05) is 36.7 Å². The van der Waals surface area contributed by atoms with E-state index in [0.29, 0.717) is 12.1 Å². The molecule has 61 heavy (non-hydrogen) atoms. The quantitative estimate of drug-likeness (QED) is 0.158. The molecule has 6 N–H and O–H groups in total. The average Bonchev–Trinajstić information content (AvgIpc) is 3.18. The van der Waals surface area contributed by atoms with E-state index >= 15 is 0 Å². The standard InChI is InChI=1S/C44H74BrN3O12S/c1-14-32-44(10,54)36(50)27(6)48(41(61)46-30-17-15-29(45)16-18-30)22-23(2)20-42(8,53)38(60-40-34(49)31(47(11)12)19-24(3)56-40)25(4)35(26(5)39(52)58-32)59-33-21-43(9,55-13)37(51)28(7)57-33/h15-18,23-28,31-38,40,49-51,53-54H,14,19-22H2,1-13H3,(H,46,61)/t23-,24-,25+,26-,27-,28+,31+,32-,33+,34-,35+,36-,37+,38-,40+,42-,43-,44-/m1/s1. The van der Waals surface area contributed by atoms with Crippen molar-refractivity contribution in [1.82, 2.24) is 9.80 Å². The Bertz CT molecular complexity index is 1590. The molecule has 0 saturated carbocycles. The third kappa shape index (κ3) is 12.2. The van der Waals surface area contributed by atoms with Crippen molar-refractivity contribution in [1.29, 1.82) is 0 Å². The number of hydrogen-bond acceptors (Lipinski definition) is 14. The molecule has 0 amide bonds. The second kappa shape index (κ2) is 21.2. The van der Waals surface area contributed by atoms with E-state index < -0.39 is 96.0 Å². The van der Waals surface area contributed by atoms with E-state index in [0.717, 1.165) is 4.47 Å². The minimum atomic E-state index is -1.95. The smallest absolute Gasteiger partial charge is 0.311 e. The first kappa shape index (κ1) is 52.0. The summed E-state index contributed by atoms with van der Waals surface area (Å²) in [6.07, 6.45) is -9.14. The van der Waals surface area contributed by atoms with E-state index in [1.807, 2.05) is 57.1 Å². The molecular formula is C44H74BrN3O12S. The lowest BCUT2D eigenvalue weighted by atomic mass is 9.77. The Morgan fingerprint density at radius 1 is 0.984 bits per heavy atom. The Labute approximate surface area is 376 Å². The van der Waals surface area contributed by atoms with Crippen LogP contribution in [0.3, 0.4) is 0 Å². The number of aliphatic hydroxyl groups excluding tert-OH is 3. The Kier molecular flexibility index (Phi) is 18.1. The van der Waals surface area contributed by atoms with Gasteiger partial charge in [-0.15, -0.1) is 0 Å². The van der Waals surface area contributed by atoms with Gasteiger partial charge in [0.05, 0.1) is 47.6 Å². The molecule has 3 aliphatic heterocycles. The first-order valence-electron chi connectivity index (χ1n) is 21.6. The van der Waals surface area contributed by atoms with E-state index in [9.17, 15) is 30.3 Å². The highest BCUT2D eigenvalue weighted by atomic mass is 79.9. The van der Waals surface area contributed by atoms with Gasteiger partial charge in [0.15, 0.2) is 17.7 Å². The Hall–Kier alpha value is -1.58. The number of nitrogens with zero attached hydrogens (tertiary/aromatic N) is 2. The number of rotatable bonds is 8. The van der Waals surface area contributed by atoms with Gasteiger partial charge in [-0.05, 0) is 124 Å².